The second-order valence-corrected chi connectivity index (χ2v) is 5.65. The summed E-state index contributed by atoms with van der Waals surface area (Å²) in [6.45, 7) is 9.59. The Hall–Kier alpha value is -0.160. The monoisotopic (exact) mass is 240 g/mol. The summed E-state index contributed by atoms with van der Waals surface area (Å²) in [5, 5.41) is 7.01. The van der Waals surface area contributed by atoms with Crippen molar-refractivity contribution in [3.63, 3.8) is 0 Å². The van der Waals surface area contributed by atoms with Crippen molar-refractivity contribution in [1.82, 2.24) is 20.4 Å². The first kappa shape index (κ1) is 13.3. The molecule has 4 nitrogen and oxygen atoms in total. The molecule has 0 aromatic heterocycles. The van der Waals surface area contributed by atoms with Gasteiger partial charge in [-0.1, -0.05) is 0 Å². The molecule has 2 heterocycles. The zero-order valence-corrected chi connectivity index (χ0v) is 11.6. The zero-order chi connectivity index (χ0) is 12.3. The molecule has 0 spiro atoms. The van der Waals surface area contributed by atoms with Gasteiger partial charge in [-0.25, -0.2) is 0 Å². The molecule has 2 fully saturated rings. The van der Waals surface area contributed by atoms with Gasteiger partial charge >= 0.3 is 0 Å². The molecule has 2 saturated heterocycles. The lowest BCUT2D eigenvalue weighted by atomic mass is 9.92. The van der Waals surface area contributed by atoms with Gasteiger partial charge in [-0.2, -0.15) is 0 Å². The van der Waals surface area contributed by atoms with Crippen LogP contribution in [0.5, 0.6) is 0 Å². The Morgan fingerprint density at radius 1 is 1.24 bits per heavy atom. The third kappa shape index (κ3) is 3.19. The third-order valence-corrected chi connectivity index (χ3v) is 4.52. The molecule has 2 aliphatic heterocycles. The molecule has 0 bridgehead atoms. The van der Waals surface area contributed by atoms with E-state index in [1.807, 2.05) is 0 Å². The second kappa shape index (κ2) is 6.14. The fourth-order valence-corrected chi connectivity index (χ4v) is 3.45. The van der Waals surface area contributed by atoms with E-state index in [2.05, 4.69) is 41.5 Å². The van der Waals surface area contributed by atoms with E-state index in [0.717, 1.165) is 19.0 Å². The van der Waals surface area contributed by atoms with Gasteiger partial charge in [0.05, 0.1) is 0 Å². The van der Waals surface area contributed by atoms with Crippen LogP contribution in [-0.4, -0.2) is 75.2 Å². The van der Waals surface area contributed by atoms with Gasteiger partial charge in [-0.05, 0) is 39.9 Å². The summed E-state index contributed by atoms with van der Waals surface area (Å²) < 4.78 is 0. The third-order valence-electron chi connectivity index (χ3n) is 4.52. The van der Waals surface area contributed by atoms with Crippen LogP contribution >= 0.6 is 0 Å². The molecular weight excluding hydrogens is 212 g/mol. The van der Waals surface area contributed by atoms with Gasteiger partial charge in [0.25, 0.3) is 0 Å². The number of likely N-dealkylation sites (N-methyl/N-ethyl adjacent to an activating group) is 1. The maximum Gasteiger partial charge on any atom is 0.0258 e. The fraction of sp³-hybridized carbons (Fsp3) is 1.00. The minimum atomic E-state index is 0.637. The van der Waals surface area contributed by atoms with Gasteiger partial charge in [0, 0.05) is 44.8 Å². The predicted molar refractivity (Wildman–Crippen MR) is 72.4 cm³/mol. The highest BCUT2D eigenvalue weighted by Gasteiger charge is 2.33. The zero-order valence-electron chi connectivity index (χ0n) is 11.6. The summed E-state index contributed by atoms with van der Waals surface area (Å²) in [5.74, 6) is 0.815. The van der Waals surface area contributed by atoms with Gasteiger partial charge in [-0.15, -0.1) is 0 Å². The predicted octanol–water partition coefficient (Wildman–Crippen LogP) is -0.180. The highest BCUT2D eigenvalue weighted by Crippen LogP contribution is 2.22. The number of rotatable bonds is 4. The van der Waals surface area contributed by atoms with E-state index in [1.54, 1.807) is 0 Å². The van der Waals surface area contributed by atoms with Crippen LogP contribution in [0.15, 0.2) is 0 Å². The van der Waals surface area contributed by atoms with Crippen molar-refractivity contribution in [3.05, 3.63) is 0 Å². The van der Waals surface area contributed by atoms with Crippen molar-refractivity contribution >= 4 is 0 Å². The van der Waals surface area contributed by atoms with Crippen LogP contribution in [0.4, 0.5) is 0 Å². The summed E-state index contributed by atoms with van der Waals surface area (Å²) in [6, 6.07) is 1.29. The average molecular weight is 240 g/mol. The minimum Gasteiger partial charge on any atom is -0.315 e. The topological polar surface area (TPSA) is 30.5 Å². The Morgan fingerprint density at radius 3 is 2.47 bits per heavy atom. The molecule has 100 valence electrons. The molecule has 4 heteroatoms. The van der Waals surface area contributed by atoms with Crippen molar-refractivity contribution < 1.29 is 0 Å². The minimum absolute atomic E-state index is 0.637. The smallest absolute Gasteiger partial charge is 0.0258 e. The molecule has 0 radical (unpaired) electrons. The van der Waals surface area contributed by atoms with Crippen molar-refractivity contribution in [2.75, 3.05) is 53.4 Å². The lowest BCUT2D eigenvalue weighted by Gasteiger charge is -2.39. The summed E-state index contributed by atoms with van der Waals surface area (Å²) in [4.78, 5) is 5.09. The summed E-state index contributed by atoms with van der Waals surface area (Å²) >= 11 is 0. The summed E-state index contributed by atoms with van der Waals surface area (Å²) in [6.07, 6.45) is 1.35. The normalized spacial score (nSPS) is 31.6. The quantitative estimate of drug-likeness (QED) is 0.714. The van der Waals surface area contributed by atoms with Crippen LogP contribution in [0, 0.1) is 5.92 Å². The number of likely N-dealkylation sites (tertiary alicyclic amines) is 1. The van der Waals surface area contributed by atoms with Crippen molar-refractivity contribution in [1.29, 1.82) is 0 Å². The SMILES string of the molecule is CNC(C1CCN(C)C1)C(C)N1CCNCC1. The molecule has 2 N–H and O–H groups in total. The van der Waals surface area contributed by atoms with Crippen LogP contribution in [0.1, 0.15) is 13.3 Å². The van der Waals surface area contributed by atoms with E-state index in [0.29, 0.717) is 12.1 Å². The van der Waals surface area contributed by atoms with Crippen LogP contribution in [0.3, 0.4) is 0 Å². The van der Waals surface area contributed by atoms with E-state index in [4.69, 9.17) is 0 Å². The number of piperazine rings is 1. The van der Waals surface area contributed by atoms with Crippen LogP contribution < -0.4 is 10.6 Å². The standard InChI is InChI=1S/C13H28N4/c1-11(17-8-5-15-6-9-17)13(14-2)12-4-7-16(3)10-12/h11-15H,4-10H2,1-3H3. The van der Waals surface area contributed by atoms with Crippen LogP contribution in [0.2, 0.25) is 0 Å². The Balaban J connectivity index is 1.91. The lowest BCUT2D eigenvalue weighted by molar-refractivity contribution is 0.129. The van der Waals surface area contributed by atoms with Gasteiger partial charge in [-0.3, -0.25) is 4.90 Å². The second-order valence-electron chi connectivity index (χ2n) is 5.65. The first-order chi connectivity index (χ1) is 8.22. The van der Waals surface area contributed by atoms with Gasteiger partial charge in [0.2, 0.25) is 0 Å². The molecule has 2 rings (SSSR count). The molecule has 0 amide bonds. The van der Waals surface area contributed by atoms with Gasteiger partial charge in [0.1, 0.15) is 0 Å². The van der Waals surface area contributed by atoms with Crippen LogP contribution in [0.25, 0.3) is 0 Å². The largest absolute Gasteiger partial charge is 0.315 e. The van der Waals surface area contributed by atoms with Crippen molar-refractivity contribution in [3.8, 4) is 0 Å². The number of nitrogens with zero attached hydrogens (tertiary/aromatic N) is 2. The summed E-state index contributed by atoms with van der Waals surface area (Å²) in [7, 11) is 4.36. The number of hydrogen-bond donors (Lipinski definition) is 2. The molecule has 3 unspecified atom stereocenters. The molecule has 0 aliphatic carbocycles. The van der Waals surface area contributed by atoms with Gasteiger partial charge in [0.15, 0.2) is 0 Å². The Morgan fingerprint density at radius 2 is 1.94 bits per heavy atom. The maximum absolute atomic E-state index is 3.57. The molecule has 17 heavy (non-hydrogen) atoms. The molecule has 0 aromatic rings. The molecule has 0 aromatic carbocycles. The lowest BCUT2D eigenvalue weighted by Crippen LogP contribution is -2.56. The first-order valence-corrected chi connectivity index (χ1v) is 7.03. The van der Waals surface area contributed by atoms with Crippen molar-refractivity contribution in [2.24, 2.45) is 5.92 Å². The Labute approximate surface area is 106 Å². The first-order valence-electron chi connectivity index (χ1n) is 7.03. The maximum atomic E-state index is 3.57. The Kier molecular flexibility index (Phi) is 4.79. The Bertz CT molecular complexity index is 227. The van der Waals surface area contributed by atoms with E-state index >= 15 is 0 Å². The molecule has 2 aliphatic rings. The highest BCUT2D eigenvalue weighted by molar-refractivity contribution is 4.91. The molecule has 3 atom stereocenters. The number of nitrogens with one attached hydrogen (secondary N) is 2. The van der Waals surface area contributed by atoms with E-state index in [-0.39, 0.29) is 0 Å². The van der Waals surface area contributed by atoms with Crippen LogP contribution in [-0.2, 0) is 0 Å². The fourth-order valence-electron chi connectivity index (χ4n) is 3.45. The summed E-state index contributed by atoms with van der Waals surface area (Å²) in [5.41, 5.74) is 0. The van der Waals surface area contributed by atoms with Crippen molar-refractivity contribution in [2.45, 2.75) is 25.4 Å². The highest BCUT2D eigenvalue weighted by atomic mass is 15.2. The molecular formula is C13H28N4. The average Bonchev–Trinajstić information content (AvgIpc) is 2.78. The van der Waals surface area contributed by atoms with E-state index in [1.165, 1.54) is 32.6 Å². The van der Waals surface area contributed by atoms with Gasteiger partial charge < -0.3 is 15.5 Å². The number of hydrogen-bond acceptors (Lipinski definition) is 4. The van der Waals surface area contributed by atoms with E-state index in [9.17, 15) is 0 Å². The molecule has 0 saturated carbocycles. The van der Waals surface area contributed by atoms with E-state index < -0.39 is 0 Å².